The summed E-state index contributed by atoms with van der Waals surface area (Å²) in [7, 11) is 6.97. The minimum Gasteiger partial charge on any atom is -0.493 e. The number of aryl methyl sites for hydroxylation is 2. The van der Waals surface area contributed by atoms with Gasteiger partial charge in [-0.05, 0) is 68.6 Å². The number of carbonyl (C=O) groups is 3. The maximum atomic E-state index is 13.2. The number of methoxy groups -OCH3 is 1. The molecule has 4 aromatic rings. The molecule has 14 heteroatoms. The number of amides is 3. The average Bonchev–Trinajstić information content (AvgIpc) is 3.85. The zero-order valence-electron chi connectivity index (χ0n) is 29.9. The third kappa shape index (κ3) is 8.13. The van der Waals surface area contributed by atoms with E-state index in [9.17, 15) is 19.5 Å². The molecule has 274 valence electrons. The Bertz CT molecular complexity index is 1950. The van der Waals surface area contributed by atoms with E-state index < -0.39 is 6.23 Å². The number of hydrogen-bond donors (Lipinski definition) is 5. The number of aliphatic imine (C=N–C) groups is 1. The second kappa shape index (κ2) is 16.2. The van der Waals surface area contributed by atoms with Gasteiger partial charge < -0.3 is 49.9 Å². The number of fused-ring (bicyclic) bond motifs is 2. The highest BCUT2D eigenvalue weighted by atomic mass is 16.5. The van der Waals surface area contributed by atoms with Gasteiger partial charge in [0.1, 0.15) is 17.6 Å². The quantitative estimate of drug-likeness (QED) is 0.0908. The first-order valence-corrected chi connectivity index (χ1v) is 17.5. The van der Waals surface area contributed by atoms with Crippen LogP contribution in [0.1, 0.15) is 57.0 Å². The molecule has 0 aliphatic carbocycles. The Kier molecular flexibility index (Phi) is 11.3. The Hall–Kier alpha value is -5.60. The number of benzene rings is 2. The van der Waals surface area contributed by atoms with Crippen molar-refractivity contribution < 1.29 is 29.0 Å². The molecule has 2 aliphatic rings. The summed E-state index contributed by atoms with van der Waals surface area (Å²) in [5.74, 6) is 0.453. The van der Waals surface area contributed by atoms with Crippen molar-refractivity contribution in [3.8, 4) is 22.6 Å². The second-order valence-electron chi connectivity index (χ2n) is 13.0. The molecule has 14 nitrogen and oxygen atoms in total. The predicted molar refractivity (Wildman–Crippen MR) is 200 cm³/mol. The smallest absolute Gasteiger partial charge is 0.272 e. The second-order valence-corrected chi connectivity index (χ2v) is 13.0. The van der Waals surface area contributed by atoms with Crippen molar-refractivity contribution in [3.05, 3.63) is 77.9 Å². The fourth-order valence-electron chi connectivity index (χ4n) is 6.49. The summed E-state index contributed by atoms with van der Waals surface area (Å²) in [5.41, 5.74) is 5.06. The van der Waals surface area contributed by atoms with Crippen LogP contribution in [0.25, 0.3) is 11.1 Å². The zero-order chi connectivity index (χ0) is 36.8. The minimum atomic E-state index is -0.878. The first-order chi connectivity index (χ1) is 25.1. The minimum absolute atomic E-state index is 0.0169. The van der Waals surface area contributed by atoms with Crippen molar-refractivity contribution in [2.45, 2.75) is 38.0 Å². The van der Waals surface area contributed by atoms with Crippen molar-refractivity contribution in [2.24, 2.45) is 19.1 Å². The van der Waals surface area contributed by atoms with E-state index in [2.05, 4.69) is 26.3 Å². The first kappa shape index (κ1) is 36.2. The van der Waals surface area contributed by atoms with Crippen molar-refractivity contribution in [1.29, 1.82) is 0 Å². The summed E-state index contributed by atoms with van der Waals surface area (Å²) in [6.45, 7) is 2.25. The molecule has 6 rings (SSSR count). The van der Waals surface area contributed by atoms with Gasteiger partial charge in [0.15, 0.2) is 11.5 Å². The van der Waals surface area contributed by atoms with Gasteiger partial charge in [-0.2, -0.15) is 0 Å². The van der Waals surface area contributed by atoms with Crippen LogP contribution in [0, 0.1) is 0 Å². The van der Waals surface area contributed by atoms with Gasteiger partial charge in [-0.3, -0.25) is 19.4 Å². The lowest BCUT2D eigenvalue weighted by Gasteiger charge is -2.20. The number of likely N-dealkylation sites (N-methyl/N-ethyl adjacent to an activating group) is 1. The molecule has 0 radical (unpaired) electrons. The van der Waals surface area contributed by atoms with E-state index in [0.717, 1.165) is 30.5 Å². The molecule has 0 spiro atoms. The molecular formula is C38H46N8O6. The molecule has 2 atom stereocenters. The van der Waals surface area contributed by atoms with Crippen LogP contribution < -0.4 is 30.7 Å². The summed E-state index contributed by atoms with van der Waals surface area (Å²) >= 11 is 0. The summed E-state index contributed by atoms with van der Waals surface area (Å²) in [6.07, 6.45) is 7.38. The molecular weight excluding hydrogens is 664 g/mol. The van der Waals surface area contributed by atoms with Gasteiger partial charge in [-0.15, -0.1) is 0 Å². The van der Waals surface area contributed by atoms with Crippen LogP contribution in [0.2, 0.25) is 0 Å². The van der Waals surface area contributed by atoms with Crippen molar-refractivity contribution in [3.63, 3.8) is 0 Å². The number of nitrogens with zero attached hydrogens (tertiary/aromatic N) is 4. The number of anilines is 2. The van der Waals surface area contributed by atoms with Crippen molar-refractivity contribution >= 4 is 41.0 Å². The fraction of sp³-hybridized carbons (Fsp3) is 0.368. The monoisotopic (exact) mass is 710 g/mol. The van der Waals surface area contributed by atoms with E-state index in [1.54, 1.807) is 40.6 Å². The SMILES string of the molecule is CNCCNC(=O)c1cc(-c2ccc(NC(=O)c3cc(NC(O)CCCOc4cc5c(cc4OC)C(=O)N4CCC[C@@H]4C=N5)cn3C)cc2)cn1C. The number of nitrogens with one attached hydrogen (secondary N) is 4. The molecule has 4 heterocycles. The molecule has 0 saturated carbocycles. The predicted octanol–water partition coefficient (Wildman–Crippen LogP) is 4.15. The lowest BCUT2D eigenvalue weighted by atomic mass is 10.1. The van der Waals surface area contributed by atoms with Gasteiger partial charge >= 0.3 is 0 Å². The summed E-state index contributed by atoms with van der Waals surface area (Å²) in [5, 5.41) is 22.6. The first-order valence-electron chi connectivity index (χ1n) is 17.5. The summed E-state index contributed by atoms with van der Waals surface area (Å²) in [6, 6.07) is 14.4. The Labute approximate surface area is 302 Å². The molecule has 5 N–H and O–H groups in total. The lowest BCUT2D eigenvalue weighted by Crippen LogP contribution is -2.35. The molecule has 2 aromatic carbocycles. The molecule has 2 aromatic heterocycles. The molecule has 52 heavy (non-hydrogen) atoms. The molecule has 1 saturated heterocycles. The largest absolute Gasteiger partial charge is 0.493 e. The van der Waals surface area contributed by atoms with E-state index in [4.69, 9.17) is 9.47 Å². The van der Waals surface area contributed by atoms with Crippen LogP contribution in [-0.4, -0.2) is 95.7 Å². The number of ether oxygens (including phenoxy) is 2. The van der Waals surface area contributed by atoms with Gasteiger partial charge in [0, 0.05) is 69.7 Å². The average molecular weight is 711 g/mol. The normalized spacial score (nSPS) is 15.4. The lowest BCUT2D eigenvalue weighted by molar-refractivity contribution is 0.0773. The van der Waals surface area contributed by atoms with E-state index in [1.165, 1.54) is 7.11 Å². The van der Waals surface area contributed by atoms with Crippen LogP contribution in [0.15, 0.2) is 65.9 Å². The van der Waals surface area contributed by atoms with Crippen molar-refractivity contribution in [2.75, 3.05) is 51.0 Å². The Balaban J connectivity index is 0.988. The number of hydrogen-bond acceptors (Lipinski definition) is 9. The molecule has 2 aliphatic heterocycles. The fourth-order valence-corrected chi connectivity index (χ4v) is 6.49. The standard InChI is InChI=1S/C38H46N8O6/c1-39-13-14-40-36(48)31-17-25(22-44(31)2)24-9-11-26(12-10-24)43-37(49)32-18-27(23-45(32)3)42-35(47)8-6-16-52-34-20-30-29(19-33(34)51-4)38(50)46-15-5-7-28(46)21-41-30/h9-12,17-23,28,35,39,42,47H,5-8,13-16H2,1-4H3,(H,40,48)(H,43,49)/t28-,35?/m1/s1. The number of aliphatic hydroxyl groups excluding tert-OH is 1. The summed E-state index contributed by atoms with van der Waals surface area (Å²) in [4.78, 5) is 45.2. The van der Waals surface area contributed by atoms with E-state index in [0.29, 0.717) is 78.1 Å². The molecule has 1 unspecified atom stereocenters. The van der Waals surface area contributed by atoms with Crippen LogP contribution in [-0.2, 0) is 14.1 Å². The van der Waals surface area contributed by atoms with Crippen LogP contribution in [0.5, 0.6) is 11.5 Å². The van der Waals surface area contributed by atoms with Gasteiger partial charge in [0.25, 0.3) is 17.7 Å². The van der Waals surface area contributed by atoms with Gasteiger partial charge in [-0.1, -0.05) is 12.1 Å². The van der Waals surface area contributed by atoms with Gasteiger partial charge in [0.05, 0.1) is 36.7 Å². The van der Waals surface area contributed by atoms with Crippen LogP contribution in [0.4, 0.5) is 17.1 Å². The zero-order valence-corrected chi connectivity index (χ0v) is 29.9. The molecule has 3 amide bonds. The maximum Gasteiger partial charge on any atom is 0.272 e. The summed E-state index contributed by atoms with van der Waals surface area (Å²) < 4.78 is 15.0. The third-order valence-electron chi connectivity index (χ3n) is 9.28. The highest BCUT2D eigenvalue weighted by molar-refractivity contribution is 6.04. The number of aliphatic hydroxyl groups is 1. The Morgan fingerprint density at radius 3 is 2.50 bits per heavy atom. The van der Waals surface area contributed by atoms with Crippen molar-refractivity contribution in [1.82, 2.24) is 24.7 Å². The van der Waals surface area contributed by atoms with Crippen LogP contribution in [0.3, 0.4) is 0 Å². The van der Waals surface area contributed by atoms with E-state index >= 15 is 0 Å². The highest BCUT2D eigenvalue weighted by Gasteiger charge is 2.32. The highest BCUT2D eigenvalue weighted by Crippen LogP contribution is 2.38. The van der Waals surface area contributed by atoms with Crippen LogP contribution >= 0.6 is 0 Å². The van der Waals surface area contributed by atoms with Gasteiger partial charge in [0.2, 0.25) is 0 Å². The van der Waals surface area contributed by atoms with E-state index in [-0.39, 0.29) is 23.8 Å². The third-order valence-corrected chi connectivity index (χ3v) is 9.28. The molecule has 0 bridgehead atoms. The Morgan fingerprint density at radius 1 is 0.962 bits per heavy atom. The maximum absolute atomic E-state index is 13.2. The van der Waals surface area contributed by atoms with Gasteiger partial charge in [-0.25, -0.2) is 0 Å². The number of rotatable bonds is 15. The number of aromatic nitrogens is 2. The topological polar surface area (TPSA) is 163 Å². The van der Waals surface area contributed by atoms with E-state index in [1.807, 2.05) is 61.7 Å². The number of carbonyl (C=O) groups excluding carboxylic acids is 3. The molecule has 1 fully saturated rings. The Morgan fingerprint density at radius 2 is 1.73 bits per heavy atom.